The van der Waals surface area contributed by atoms with Gasteiger partial charge in [-0.25, -0.2) is 13.2 Å². The molecule has 0 amide bonds. The van der Waals surface area contributed by atoms with Gasteiger partial charge < -0.3 is 10.2 Å². The molecule has 0 heterocycles. The lowest BCUT2D eigenvalue weighted by Crippen LogP contribution is -2.48. The van der Waals surface area contributed by atoms with Gasteiger partial charge in [0.25, 0.3) is 12.1 Å². The normalized spacial score (nSPS) is 15.8. The smallest absolute Gasteiger partial charge is 0.425 e. The van der Waals surface area contributed by atoms with E-state index in [1.807, 2.05) is 0 Å². The number of aliphatic hydroxyl groups is 1. The number of rotatable bonds is 2. The van der Waals surface area contributed by atoms with Crippen LogP contribution in [0, 0.1) is 0 Å². The van der Waals surface area contributed by atoms with Crippen molar-refractivity contribution < 1.29 is 41.4 Å². The zero-order valence-electron chi connectivity index (χ0n) is 8.23. The fraction of sp³-hybridized carbons (Fsp3) is 0.857. The molecule has 16 heavy (non-hydrogen) atoms. The van der Waals surface area contributed by atoms with E-state index in [0.717, 1.165) is 6.92 Å². The molecule has 0 saturated carbocycles. The van der Waals surface area contributed by atoms with Gasteiger partial charge in [0.1, 0.15) is 6.10 Å². The lowest BCUT2D eigenvalue weighted by Gasteiger charge is -2.24. The Kier molecular flexibility index (Phi) is 6.44. The molecular formula is C7H10F6O3. The number of carboxylic acid groups (broad SMARTS) is 1. The molecule has 9 heteroatoms. The maximum Gasteiger partial charge on any atom is 0.425 e. The van der Waals surface area contributed by atoms with Crippen molar-refractivity contribution in [1.82, 2.24) is 0 Å². The summed E-state index contributed by atoms with van der Waals surface area (Å²) in [6.07, 6.45) is -12.7. The predicted molar refractivity (Wildman–Crippen MR) is 40.9 cm³/mol. The molecule has 98 valence electrons. The minimum atomic E-state index is -5.65. The van der Waals surface area contributed by atoms with E-state index in [9.17, 15) is 26.3 Å². The molecule has 2 N–H and O–H groups in total. The number of hydrogen-bond acceptors (Lipinski definition) is 2. The van der Waals surface area contributed by atoms with E-state index >= 15 is 0 Å². The summed E-state index contributed by atoms with van der Waals surface area (Å²) >= 11 is 0. The Hall–Kier alpha value is -0.990. The van der Waals surface area contributed by atoms with Crippen LogP contribution in [0.15, 0.2) is 0 Å². The molecule has 0 aliphatic carbocycles. The van der Waals surface area contributed by atoms with Gasteiger partial charge in [0.2, 0.25) is 0 Å². The fourth-order valence-corrected chi connectivity index (χ4v) is 0.430. The molecule has 0 aromatic carbocycles. The lowest BCUT2D eigenvalue weighted by atomic mass is 10.1. The average molecular weight is 256 g/mol. The third-order valence-corrected chi connectivity index (χ3v) is 1.18. The Morgan fingerprint density at radius 2 is 1.44 bits per heavy atom. The molecule has 0 rings (SSSR count). The molecule has 2 atom stereocenters. The van der Waals surface area contributed by atoms with Crippen LogP contribution in [0.2, 0.25) is 0 Å². The molecule has 0 fully saturated rings. The van der Waals surface area contributed by atoms with E-state index in [-0.39, 0.29) is 0 Å². The zero-order chi connectivity index (χ0) is 13.7. The van der Waals surface area contributed by atoms with Crippen molar-refractivity contribution in [3.05, 3.63) is 0 Å². The highest BCUT2D eigenvalue weighted by atomic mass is 19.4. The van der Waals surface area contributed by atoms with Gasteiger partial charge in [-0.1, -0.05) is 0 Å². The number of carbonyl (C=O) groups is 1. The summed E-state index contributed by atoms with van der Waals surface area (Å²) in [5.41, 5.74) is 0. The van der Waals surface area contributed by atoms with Gasteiger partial charge in [0, 0.05) is 6.92 Å². The van der Waals surface area contributed by atoms with Crippen molar-refractivity contribution in [3.63, 3.8) is 0 Å². The molecule has 0 aromatic rings. The van der Waals surface area contributed by atoms with Crippen LogP contribution < -0.4 is 0 Å². The molecule has 3 nitrogen and oxygen atoms in total. The molecule has 0 aliphatic heterocycles. The summed E-state index contributed by atoms with van der Waals surface area (Å²) in [4.78, 5) is 9.00. The van der Waals surface area contributed by atoms with Crippen LogP contribution in [0.3, 0.4) is 0 Å². The highest BCUT2D eigenvalue weighted by molar-refractivity contribution is 5.62. The highest BCUT2D eigenvalue weighted by Gasteiger charge is 2.59. The Labute approximate surface area is 86.7 Å². The number of alkyl halides is 6. The highest BCUT2D eigenvalue weighted by Crippen LogP contribution is 2.36. The Balaban J connectivity index is 0. The molecule has 0 spiro atoms. The maximum atomic E-state index is 12.1. The van der Waals surface area contributed by atoms with E-state index in [1.165, 1.54) is 0 Å². The van der Waals surface area contributed by atoms with Crippen molar-refractivity contribution in [2.75, 3.05) is 0 Å². The van der Waals surface area contributed by atoms with Crippen molar-refractivity contribution in [2.45, 2.75) is 38.2 Å². The summed E-state index contributed by atoms with van der Waals surface area (Å²) in [6.45, 7) is 1.47. The van der Waals surface area contributed by atoms with Crippen LogP contribution in [-0.2, 0) is 4.79 Å². The van der Waals surface area contributed by atoms with Crippen LogP contribution in [0.1, 0.15) is 13.8 Å². The molecule has 0 radical (unpaired) electrons. The second kappa shape index (κ2) is 5.92. The zero-order valence-corrected chi connectivity index (χ0v) is 8.23. The molecule has 2 unspecified atom stereocenters. The largest absolute Gasteiger partial charge is 0.481 e. The van der Waals surface area contributed by atoms with E-state index in [0.29, 0.717) is 6.92 Å². The number of aliphatic hydroxyl groups excluding tert-OH is 1. The number of carboxylic acids is 1. The van der Waals surface area contributed by atoms with Crippen LogP contribution in [-0.4, -0.2) is 40.6 Å². The first kappa shape index (κ1) is 17.4. The van der Waals surface area contributed by atoms with Crippen molar-refractivity contribution >= 4 is 5.97 Å². The molecule has 0 aromatic heterocycles. The molecule has 0 bridgehead atoms. The van der Waals surface area contributed by atoms with E-state index in [4.69, 9.17) is 15.0 Å². The van der Waals surface area contributed by atoms with Crippen molar-refractivity contribution in [3.8, 4) is 0 Å². The Bertz CT molecular complexity index is 221. The summed E-state index contributed by atoms with van der Waals surface area (Å²) in [5, 5.41) is 15.5. The van der Waals surface area contributed by atoms with E-state index in [2.05, 4.69) is 0 Å². The maximum absolute atomic E-state index is 12.1. The summed E-state index contributed by atoms with van der Waals surface area (Å²) in [5.74, 6) is -5.63. The van der Waals surface area contributed by atoms with Gasteiger partial charge in [-0.15, -0.1) is 0 Å². The summed E-state index contributed by atoms with van der Waals surface area (Å²) in [6, 6.07) is 0. The van der Waals surface area contributed by atoms with Gasteiger partial charge in [0.05, 0.1) is 0 Å². The van der Waals surface area contributed by atoms with Gasteiger partial charge >= 0.3 is 12.1 Å². The quantitative estimate of drug-likeness (QED) is 0.743. The van der Waals surface area contributed by atoms with Crippen LogP contribution in [0.25, 0.3) is 0 Å². The Morgan fingerprint density at radius 1 is 1.19 bits per heavy atom. The molecule has 0 saturated heterocycles. The SMILES string of the molecule is CC(=O)O.CC(O)C(F)(F)C(F)C(F)(F)F. The van der Waals surface area contributed by atoms with E-state index < -0.39 is 30.3 Å². The number of hydrogen-bond donors (Lipinski definition) is 2. The standard InChI is InChI=1S/C5H6F6O.C2H4O2/c1-2(12)4(7,8)3(6)5(9,10)11;1-2(3)4/h2-3,12H,1H3;1H3,(H,3,4). The first-order valence-electron chi connectivity index (χ1n) is 3.79. The van der Waals surface area contributed by atoms with Crippen LogP contribution in [0.5, 0.6) is 0 Å². The molecular weight excluding hydrogens is 246 g/mol. The summed E-state index contributed by atoms with van der Waals surface area (Å²) in [7, 11) is 0. The molecule has 0 aliphatic rings. The first-order chi connectivity index (χ1) is 6.83. The third kappa shape index (κ3) is 6.49. The predicted octanol–water partition coefficient (Wildman–Crippen LogP) is 1.99. The van der Waals surface area contributed by atoms with E-state index in [1.54, 1.807) is 0 Å². The average Bonchev–Trinajstić information content (AvgIpc) is 1.99. The minimum absolute atomic E-state index is 0.387. The van der Waals surface area contributed by atoms with Gasteiger partial charge in [-0.3, -0.25) is 4.79 Å². The van der Waals surface area contributed by atoms with Gasteiger partial charge in [0.15, 0.2) is 0 Å². The Morgan fingerprint density at radius 3 is 1.50 bits per heavy atom. The summed E-state index contributed by atoms with van der Waals surface area (Å²) < 4.78 is 70.1. The number of halogens is 6. The van der Waals surface area contributed by atoms with Gasteiger partial charge in [-0.05, 0) is 6.92 Å². The van der Waals surface area contributed by atoms with Crippen LogP contribution >= 0.6 is 0 Å². The monoisotopic (exact) mass is 256 g/mol. The van der Waals surface area contributed by atoms with Crippen LogP contribution in [0.4, 0.5) is 26.3 Å². The number of aliphatic carboxylic acids is 1. The van der Waals surface area contributed by atoms with Crippen molar-refractivity contribution in [1.29, 1.82) is 0 Å². The second-order valence-electron chi connectivity index (χ2n) is 2.77. The topological polar surface area (TPSA) is 57.5 Å². The third-order valence-electron chi connectivity index (χ3n) is 1.18. The fourth-order valence-electron chi connectivity index (χ4n) is 0.430. The lowest BCUT2D eigenvalue weighted by molar-refractivity contribution is -0.265. The second-order valence-corrected chi connectivity index (χ2v) is 2.77. The minimum Gasteiger partial charge on any atom is -0.481 e. The first-order valence-corrected chi connectivity index (χ1v) is 3.79. The van der Waals surface area contributed by atoms with Crippen molar-refractivity contribution in [2.24, 2.45) is 0 Å². The van der Waals surface area contributed by atoms with Gasteiger partial charge in [-0.2, -0.15) is 13.2 Å².